The summed E-state index contributed by atoms with van der Waals surface area (Å²) in [5.41, 5.74) is 1.17. The fraction of sp³-hybridized carbons (Fsp3) is 0. The Balaban J connectivity index is 2.54. The molecule has 0 spiro atoms. The number of rotatable bonds is 0. The topological polar surface area (TPSA) is 0 Å². The molecule has 1 heterocycles. The minimum absolute atomic E-state index is 1.17. The number of fused-ring (bicyclic) bond motifs is 1. The Bertz CT molecular complexity index is 195. The van der Waals surface area contributed by atoms with E-state index in [4.69, 9.17) is 0 Å². The average Bonchev–Trinajstić information content (AvgIpc) is 2.33. The number of thioether (sulfide) groups is 1. The molecular weight excluding hydrogens is 128 g/mol. The van der Waals surface area contributed by atoms with Gasteiger partial charge in [-0.3, -0.25) is 0 Å². The van der Waals surface area contributed by atoms with Crippen LogP contribution in [0, 0.1) is 12.2 Å². The number of hydrogen-bond acceptors (Lipinski definition) is 1. The molecule has 1 aliphatic rings. The second kappa shape index (κ2) is 2.07. The Morgan fingerprint density at radius 3 is 3.00 bits per heavy atom. The third-order valence-electron chi connectivity index (χ3n) is 1.23. The first-order valence-electron chi connectivity index (χ1n) is 2.74. The van der Waals surface area contributed by atoms with Gasteiger partial charge in [-0.2, -0.15) is 0 Å². The van der Waals surface area contributed by atoms with Gasteiger partial charge in [0.05, 0.1) is 5.75 Å². The molecule has 0 saturated heterocycles. The maximum atomic E-state index is 3.01. The molecule has 0 nitrogen and oxygen atoms in total. The van der Waals surface area contributed by atoms with Crippen LogP contribution in [-0.4, -0.2) is 0 Å². The standard InChI is InChI=1S/C8H4S/c1-2-4-8-7(3-1)5-6-9-8/h1-4H. The largest absolute Gasteiger partial charge is 0.115 e. The highest BCUT2D eigenvalue weighted by Gasteiger charge is 2.10. The van der Waals surface area contributed by atoms with Gasteiger partial charge in [0.15, 0.2) is 0 Å². The molecule has 0 atom stereocenters. The summed E-state index contributed by atoms with van der Waals surface area (Å²) in [5, 5.41) is 0. The lowest BCUT2D eigenvalue weighted by Crippen LogP contribution is -1.71. The van der Waals surface area contributed by atoms with Gasteiger partial charge in [-0.25, -0.2) is 0 Å². The summed E-state index contributed by atoms with van der Waals surface area (Å²) in [5.74, 6) is 2.95. The predicted octanol–water partition coefficient (Wildman–Crippen LogP) is 2.26. The Labute approximate surface area is 59.3 Å². The zero-order chi connectivity index (χ0) is 6.10. The first-order valence-corrected chi connectivity index (χ1v) is 3.55. The van der Waals surface area contributed by atoms with E-state index in [0.29, 0.717) is 0 Å². The van der Waals surface area contributed by atoms with Crippen molar-refractivity contribution in [1.29, 1.82) is 0 Å². The van der Waals surface area contributed by atoms with Crippen molar-refractivity contribution in [3.63, 3.8) is 0 Å². The molecule has 0 amide bonds. The van der Waals surface area contributed by atoms with E-state index >= 15 is 0 Å². The fourth-order valence-corrected chi connectivity index (χ4v) is 1.44. The summed E-state index contributed by atoms with van der Waals surface area (Å²) < 4.78 is 0. The van der Waals surface area contributed by atoms with Crippen LogP contribution in [0.3, 0.4) is 0 Å². The van der Waals surface area contributed by atoms with Gasteiger partial charge >= 0.3 is 0 Å². The molecule has 0 fully saturated rings. The van der Waals surface area contributed by atoms with Crippen LogP contribution in [0.25, 0.3) is 0 Å². The SMILES string of the molecule is [C]1[C]c2ccccc2S1. The van der Waals surface area contributed by atoms with Crippen LogP contribution < -0.4 is 0 Å². The highest BCUT2D eigenvalue weighted by atomic mass is 32.2. The van der Waals surface area contributed by atoms with Crippen molar-refractivity contribution in [2.45, 2.75) is 4.90 Å². The lowest BCUT2D eigenvalue weighted by atomic mass is 10.2. The molecule has 2 rings (SSSR count). The van der Waals surface area contributed by atoms with Gasteiger partial charge < -0.3 is 0 Å². The number of hydrogen-bond donors (Lipinski definition) is 0. The predicted molar refractivity (Wildman–Crippen MR) is 37.9 cm³/mol. The molecule has 1 aromatic rings. The quantitative estimate of drug-likeness (QED) is 0.521. The Kier molecular flexibility index (Phi) is 1.23. The van der Waals surface area contributed by atoms with Gasteiger partial charge in [-0.15, -0.1) is 11.8 Å². The van der Waals surface area contributed by atoms with Crippen molar-refractivity contribution in [3.05, 3.63) is 42.0 Å². The monoisotopic (exact) mass is 132 g/mol. The van der Waals surface area contributed by atoms with Crippen molar-refractivity contribution < 1.29 is 0 Å². The van der Waals surface area contributed by atoms with Crippen molar-refractivity contribution in [1.82, 2.24) is 0 Å². The molecule has 42 valence electrons. The summed E-state index contributed by atoms with van der Waals surface area (Å²) in [6.07, 6.45) is 3.01. The minimum Gasteiger partial charge on any atom is -0.115 e. The normalized spacial score (nSPS) is 15.6. The average molecular weight is 132 g/mol. The van der Waals surface area contributed by atoms with Gasteiger partial charge in [-0.05, 0) is 11.6 Å². The van der Waals surface area contributed by atoms with Crippen LogP contribution in [0.1, 0.15) is 5.56 Å². The van der Waals surface area contributed by atoms with Gasteiger partial charge in [0.25, 0.3) is 0 Å². The van der Waals surface area contributed by atoms with Gasteiger partial charge in [0, 0.05) is 11.3 Å². The van der Waals surface area contributed by atoms with Crippen LogP contribution in [0.4, 0.5) is 0 Å². The Hall–Kier alpha value is -0.430. The fourth-order valence-electron chi connectivity index (χ4n) is 0.794. The van der Waals surface area contributed by atoms with Crippen LogP contribution in [0.5, 0.6) is 0 Å². The van der Waals surface area contributed by atoms with Gasteiger partial charge in [-0.1, -0.05) is 18.2 Å². The Morgan fingerprint density at radius 1 is 1.22 bits per heavy atom. The zero-order valence-electron chi connectivity index (χ0n) is 4.72. The van der Waals surface area contributed by atoms with E-state index < -0.39 is 0 Å². The highest BCUT2D eigenvalue weighted by Crippen LogP contribution is 2.34. The van der Waals surface area contributed by atoms with Crippen LogP contribution in [0.2, 0.25) is 0 Å². The lowest BCUT2D eigenvalue weighted by Gasteiger charge is -1.91. The van der Waals surface area contributed by atoms with Crippen molar-refractivity contribution in [2.75, 3.05) is 0 Å². The summed E-state index contributed by atoms with van der Waals surface area (Å²) >= 11 is 1.61. The van der Waals surface area contributed by atoms with E-state index in [-0.39, 0.29) is 0 Å². The molecule has 1 heteroatoms. The molecule has 0 aliphatic carbocycles. The molecule has 0 aromatic heterocycles. The van der Waals surface area contributed by atoms with E-state index in [1.807, 2.05) is 18.2 Å². The maximum absolute atomic E-state index is 3.01. The van der Waals surface area contributed by atoms with Gasteiger partial charge in [0.2, 0.25) is 0 Å². The molecule has 9 heavy (non-hydrogen) atoms. The minimum atomic E-state index is 1.17. The summed E-state index contributed by atoms with van der Waals surface area (Å²) in [4.78, 5) is 1.26. The van der Waals surface area contributed by atoms with E-state index in [9.17, 15) is 0 Å². The van der Waals surface area contributed by atoms with E-state index in [1.165, 1.54) is 10.5 Å². The van der Waals surface area contributed by atoms with Crippen LogP contribution in [-0.2, 0) is 0 Å². The van der Waals surface area contributed by atoms with Crippen molar-refractivity contribution >= 4 is 11.8 Å². The van der Waals surface area contributed by atoms with Gasteiger partial charge in [0.1, 0.15) is 0 Å². The molecule has 0 unspecified atom stereocenters. The third kappa shape index (κ3) is 0.855. The molecule has 1 aliphatic heterocycles. The summed E-state index contributed by atoms with van der Waals surface area (Å²) in [6, 6.07) is 8.16. The summed E-state index contributed by atoms with van der Waals surface area (Å²) in [6.45, 7) is 0. The van der Waals surface area contributed by atoms with Crippen LogP contribution >= 0.6 is 11.8 Å². The maximum Gasteiger partial charge on any atom is 0.0670 e. The molecular formula is C8H4S. The zero-order valence-corrected chi connectivity index (χ0v) is 5.53. The first-order chi connectivity index (χ1) is 4.47. The third-order valence-corrected chi connectivity index (χ3v) is 2.01. The van der Waals surface area contributed by atoms with Crippen molar-refractivity contribution in [3.8, 4) is 0 Å². The Morgan fingerprint density at radius 2 is 2.11 bits per heavy atom. The molecule has 0 N–H and O–H groups in total. The molecule has 1 aromatic carbocycles. The van der Waals surface area contributed by atoms with E-state index in [0.717, 1.165) is 0 Å². The smallest absolute Gasteiger partial charge is 0.0670 e. The molecule has 0 bridgehead atoms. The second-order valence-electron chi connectivity index (χ2n) is 1.83. The molecule has 0 saturated carbocycles. The molecule has 4 radical (unpaired) electrons. The number of benzene rings is 1. The highest BCUT2D eigenvalue weighted by molar-refractivity contribution is 8.01. The first kappa shape index (κ1) is 5.36. The van der Waals surface area contributed by atoms with E-state index in [2.05, 4.69) is 18.2 Å². The summed E-state index contributed by atoms with van der Waals surface area (Å²) in [7, 11) is 0. The van der Waals surface area contributed by atoms with E-state index in [1.54, 1.807) is 11.8 Å². The second-order valence-corrected chi connectivity index (χ2v) is 2.67. The van der Waals surface area contributed by atoms with Crippen LogP contribution in [0.15, 0.2) is 29.2 Å². The van der Waals surface area contributed by atoms with Crippen molar-refractivity contribution in [2.24, 2.45) is 0 Å². The lowest BCUT2D eigenvalue weighted by molar-refractivity contribution is 1.38.